The predicted molar refractivity (Wildman–Crippen MR) is 74.6 cm³/mol. The Morgan fingerprint density at radius 2 is 2.00 bits per heavy atom. The molecule has 6 nitrogen and oxygen atoms in total. The van der Waals surface area contributed by atoms with Crippen molar-refractivity contribution in [1.29, 1.82) is 0 Å². The minimum absolute atomic E-state index is 0.143. The van der Waals surface area contributed by atoms with E-state index in [1.807, 2.05) is 4.90 Å². The summed E-state index contributed by atoms with van der Waals surface area (Å²) in [5.41, 5.74) is -0.181. The van der Waals surface area contributed by atoms with Crippen molar-refractivity contribution in [1.82, 2.24) is 19.6 Å². The summed E-state index contributed by atoms with van der Waals surface area (Å²) in [6.45, 7) is 0.620. The third-order valence-corrected chi connectivity index (χ3v) is 4.28. The van der Waals surface area contributed by atoms with E-state index in [2.05, 4.69) is 5.10 Å². The molecule has 2 fully saturated rings. The van der Waals surface area contributed by atoms with Crippen LogP contribution in [0.2, 0.25) is 0 Å². The van der Waals surface area contributed by atoms with Gasteiger partial charge in [0.25, 0.3) is 5.56 Å². The molecule has 0 spiro atoms. The number of aromatic nitrogens is 2. The third-order valence-electron chi connectivity index (χ3n) is 4.28. The smallest absolute Gasteiger partial charge is 0.332 e. The average molecular weight is 330 g/mol. The summed E-state index contributed by atoms with van der Waals surface area (Å²) < 4.78 is 38.6. The lowest BCUT2D eigenvalue weighted by molar-refractivity contribution is -0.160. The van der Waals surface area contributed by atoms with Gasteiger partial charge in [0.1, 0.15) is 6.54 Å². The molecule has 2 aliphatic rings. The fourth-order valence-electron chi connectivity index (χ4n) is 3.18. The highest BCUT2D eigenvalue weighted by atomic mass is 19.4. The van der Waals surface area contributed by atoms with Gasteiger partial charge >= 0.3 is 6.18 Å². The van der Waals surface area contributed by atoms with Crippen LogP contribution in [-0.4, -0.2) is 63.9 Å². The first-order valence-electron chi connectivity index (χ1n) is 7.45. The molecule has 1 unspecified atom stereocenters. The summed E-state index contributed by atoms with van der Waals surface area (Å²) in [6, 6.07) is 2.53. The number of nitrogens with zero attached hydrogens (tertiary/aromatic N) is 4. The molecule has 0 aromatic carbocycles. The fourth-order valence-corrected chi connectivity index (χ4v) is 3.18. The van der Waals surface area contributed by atoms with E-state index >= 15 is 0 Å². The number of rotatable bonds is 4. The van der Waals surface area contributed by atoms with Gasteiger partial charge in [0.15, 0.2) is 0 Å². The van der Waals surface area contributed by atoms with Crippen LogP contribution in [0.4, 0.5) is 13.2 Å². The highest BCUT2D eigenvalue weighted by molar-refractivity contribution is 5.84. The van der Waals surface area contributed by atoms with Gasteiger partial charge in [-0.15, -0.1) is 0 Å². The van der Waals surface area contributed by atoms with E-state index in [4.69, 9.17) is 0 Å². The highest BCUT2D eigenvalue weighted by Gasteiger charge is 2.44. The van der Waals surface area contributed by atoms with Crippen LogP contribution in [0.5, 0.6) is 0 Å². The number of carbonyl (C=O) groups is 1. The van der Waals surface area contributed by atoms with Gasteiger partial charge in [0.2, 0.25) is 5.91 Å². The van der Waals surface area contributed by atoms with Crippen LogP contribution in [0.1, 0.15) is 6.42 Å². The summed E-state index contributed by atoms with van der Waals surface area (Å²) in [4.78, 5) is 26.4. The monoisotopic (exact) mass is 330 g/mol. The maximum absolute atomic E-state index is 12.4. The Hall–Kier alpha value is -1.90. The molecule has 3 heterocycles. The van der Waals surface area contributed by atoms with Crippen molar-refractivity contribution in [2.45, 2.75) is 25.2 Å². The average Bonchev–Trinajstić information content (AvgIpc) is 2.75. The standard InChI is InChI=1S/C14H17F3N4O2/c15-14(16,17)9-19-5-3-11(13(19)23)20-6-10(7-20)8-21-12(22)2-1-4-18-21/h1-2,4,10-11H,3,5-9H2. The third kappa shape index (κ3) is 3.54. The SMILES string of the molecule is O=C1C(N2CC(Cn3ncccc3=O)C2)CCN1CC(F)(F)F. The number of hydrogen-bond acceptors (Lipinski definition) is 4. The minimum atomic E-state index is -4.36. The second-order valence-corrected chi connectivity index (χ2v) is 6.04. The highest BCUT2D eigenvalue weighted by Crippen LogP contribution is 2.28. The van der Waals surface area contributed by atoms with Crippen LogP contribution >= 0.6 is 0 Å². The number of carbonyl (C=O) groups excluding carboxylic acids is 1. The van der Waals surface area contributed by atoms with Crippen LogP contribution in [0, 0.1) is 5.92 Å². The Morgan fingerprint density at radius 3 is 2.65 bits per heavy atom. The topological polar surface area (TPSA) is 58.4 Å². The lowest BCUT2D eigenvalue weighted by Crippen LogP contribution is -2.56. The normalized spacial score (nSPS) is 23.3. The second kappa shape index (κ2) is 5.95. The van der Waals surface area contributed by atoms with Crippen LogP contribution in [-0.2, 0) is 11.3 Å². The zero-order valence-electron chi connectivity index (χ0n) is 12.4. The maximum Gasteiger partial charge on any atom is 0.406 e. The zero-order valence-corrected chi connectivity index (χ0v) is 12.4. The first kappa shape index (κ1) is 16.0. The predicted octanol–water partition coefficient (Wildman–Crippen LogP) is 0.338. The van der Waals surface area contributed by atoms with Gasteiger partial charge < -0.3 is 4.90 Å². The van der Waals surface area contributed by atoms with Crippen LogP contribution in [0.3, 0.4) is 0 Å². The van der Waals surface area contributed by atoms with Gasteiger partial charge in [0, 0.05) is 37.8 Å². The molecule has 0 radical (unpaired) electrons. The summed E-state index contributed by atoms with van der Waals surface area (Å²) in [7, 11) is 0. The van der Waals surface area contributed by atoms with Gasteiger partial charge in [-0.25, -0.2) is 4.68 Å². The lowest BCUT2D eigenvalue weighted by Gasteiger charge is -2.42. The Kier molecular flexibility index (Phi) is 4.13. The van der Waals surface area contributed by atoms with Gasteiger partial charge in [-0.2, -0.15) is 18.3 Å². The van der Waals surface area contributed by atoms with Crippen molar-refractivity contribution < 1.29 is 18.0 Å². The maximum atomic E-state index is 12.4. The number of hydrogen-bond donors (Lipinski definition) is 0. The van der Waals surface area contributed by atoms with E-state index in [1.165, 1.54) is 16.9 Å². The van der Waals surface area contributed by atoms with E-state index in [0.29, 0.717) is 26.1 Å². The molecule has 2 saturated heterocycles. The summed E-state index contributed by atoms with van der Waals surface area (Å²) >= 11 is 0. The van der Waals surface area contributed by atoms with Crippen LogP contribution < -0.4 is 5.56 Å². The molecule has 0 aliphatic carbocycles. The van der Waals surface area contributed by atoms with Gasteiger partial charge in [-0.3, -0.25) is 14.5 Å². The molecule has 2 aliphatic heterocycles. The Balaban J connectivity index is 1.51. The zero-order chi connectivity index (χ0) is 16.6. The number of halogens is 3. The molecule has 3 rings (SSSR count). The molecule has 1 atom stereocenters. The first-order chi connectivity index (χ1) is 10.8. The molecule has 0 saturated carbocycles. The Bertz CT molecular complexity index is 639. The summed E-state index contributed by atoms with van der Waals surface area (Å²) in [5.74, 6) is -0.261. The van der Waals surface area contributed by atoms with Crippen LogP contribution in [0.25, 0.3) is 0 Å². The number of likely N-dealkylation sites (tertiary alicyclic amines) is 2. The first-order valence-corrected chi connectivity index (χ1v) is 7.45. The van der Waals surface area contributed by atoms with Gasteiger partial charge in [-0.1, -0.05) is 0 Å². The molecule has 1 amide bonds. The van der Waals surface area contributed by atoms with E-state index in [9.17, 15) is 22.8 Å². The molecular weight excluding hydrogens is 313 g/mol. The van der Waals surface area contributed by atoms with E-state index < -0.39 is 24.7 Å². The molecular formula is C14H17F3N4O2. The van der Waals surface area contributed by atoms with Crippen molar-refractivity contribution in [2.75, 3.05) is 26.2 Å². The van der Waals surface area contributed by atoms with E-state index in [0.717, 1.165) is 4.90 Å². The van der Waals surface area contributed by atoms with Crippen molar-refractivity contribution in [3.8, 4) is 0 Å². The summed E-state index contributed by atoms with van der Waals surface area (Å²) in [5, 5.41) is 3.98. The van der Waals surface area contributed by atoms with Crippen molar-refractivity contribution >= 4 is 5.91 Å². The molecule has 1 aromatic heterocycles. The molecule has 1 aromatic rings. The number of amides is 1. The lowest BCUT2D eigenvalue weighted by atomic mass is 9.97. The minimum Gasteiger partial charge on any atom is -0.332 e. The molecule has 0 bridgehead atoms. The largest absolute Gasteiger partial charge is 0.406 e. The second-order valence-electron chi connectivity index (χ2n) is 6.04. The van der Waals surface area contributed by atoms with Crippen molar-refractivity contribution in [3.63, 3.8) is 0 Å². The fraction of sp³-hybridized carbons (Fsp3) is 0.643. The van der Waals surface area contributed by atoms with E-state index in [1.54, 1.807) is 6.07 Å². The molecule has 23 heavy (non-hydrogen) atoms. The Morgan fingerprint density at radius 1 is 1.26 bits per heavy atom. The van der Waals surface area contributed by atoms with Gasteiger partial charge in [-0.05, 0) is 12.5 Å². The van der Waals surface area contributed by atoms with Crippen molar-refractivity contribution in [2.24, 2.45) is 5.92 Å². The van der Waals surface area contributed by atoms with Crippen LogP contribution in [0.15, 0.2) is 23.1 Å². The van der Waals surface area contributed by atoms with Crippen molar-refractivity contribution in [3.05, 3.63) is 28.7 Å². The number of alkyl halides is 3. The van der Waals surface area contributed by atoms with Gasteiger partial charge in [0.05, 0.1) is 12.6 Å². The summed E-state index contributed by atoms with van der Waals surface area (Å²) in [6.07, 6.45) is -2.40. The quantitative estimate of drug-likeness (QED) is 0.799. The molecule has 0 N–H and O–H groups in total. The Labute approximate surface area is 130 Å². The molecule has 126 valence electrons. The van der Waals surface area contributed by atoms with E-state index in [-0.39, 0.29) is 18.0 Å². The molecule has 9 heteroatoms.